The van der Waals surface area contributed by atoms with Gasteiger partial charge >= 0.3 is 0 Å². The molecular formula is C17H20ClNO2S. The SMILES string of the molecule is CC(C)c1ccc(CN(C)S(=O)(=O)c2ccc(Cl)cc2)cc1. The molecule has 0 radical (unpaired) electrons. The van der Waals surface area contributed by atoms with Gasteiger partial charge in [0.05, 0.1) is 4.90 Å². The smallest absolute Gasteiger partial charge is 0.207 e. The summed E-state index contributed by atoms with van der Waals surface area (Å²) in [4.78, 5) is 0.248. The van der Waals surface area contributed by atoms with Crippen molar-refractivity contribution in [1.29, 1.82) is 0 Å². The lowest BCUT2D eigenvalue weighted by molar-refractivity contribution is 0.466. The van der Waals surface area contributed by atoms with Crippen molar-refractivity contribution >= 4 is 21.6 Å². The van der Waals surface area contributed by atoms with Crippen LogP contribution in [0.25, 0.3) is 0 Å². The average Bonchev–Trinajstić information content (AvgIpc) is 2.48. The van der Waals surface area contributed by atoms with Crippen LogP contribution in [0.2, 0.25) is 5.02 Å². The molecule has 0 spiro atoms. The van der Waals surface area contributed by atoms with Crippen LogP contribution in [0.5, 0.6) is 0 Å². The molecule has 0 unspecified atom stereocenters. The van der Waals surface area contributed by atoms with Crippen LogP contribution >= 0.6 is 11.6 Å². The Balaban J connectivity index is 2.17. The van der Waals surface area contributed by atoms with Gasteiger partial charge in [-0.2, -0.15) is 4.31 Å². The largest absolute Gasteiger partial charge is 0.243 e. The van der Waals surface area contributed by atoms with E-state index in [1.165, 1.54) is 22.0 Å². The van der Waals surface area contributed by atoms with E-state index in [2.05, 4.69) is 13.8 Å². The van der Waals surface area contributed by atoms with Crippen molar-refractivity contribution in [3.63, 3.8) is 0 Å². The van der Waals surface area contributed by atoms with E-state index in [1.54, 1.807) is 19.2 Å². The Morgan fingerprint density at radius 2 is 1.55 bits per heavy atom. The third-order valence-corrected chi connectivity index (χ3v) is 5.64. The van der Waals surface area contributed by atoms with E-state index in [0.717, 1.165) is 5.56 Å². The Bertz CT molecular complexity index is 722. The minimum absolute atomic E-state index is 0.248. The molecule has 0 fully saturated rings. The van der Waals surface area contributed by atoms with Crippen molar-refractivity contribution in [2.75, 3.05) is 7.05 Å². The Morgan fingerprint density at radius 1 is 1.00 bits per heavy atom. The third kappa shape index (κ3) is 3.88. The molecule has 2 aromatic carbocycles. The zero-order chi connectivity index (χ0) is 16.3. The molecule has 118 valence electrons. The average molecular weight is 338 g/mol. The summed E-state index contributed by atoms with van der Waals surface area (Å²) in [6.07, 6.45) is 0. The number of benzene rings is 2. The number of rotatable bonds is 5. The molecular weight excluding hydrogens is 318 g/mol. The molecule has 0 atom stereocenters. The van der Waals surface area contributed by atoms with Gasteiger partial charge in [0.1, 0.15) is 0 Å². The maximum absolute atomic E-state index is 12.5. The standard InChI is InChI=1S/C17H20ClNO2S/c1-13(2)15-6-4-14(5-7-15)12-19(3)22(20,21)17-10-8-16(18)9-11-17/h4-11,13H,12H2,1-3H3. The molecule has 0 N–H and O–H groups in total. The second-order valence-corrected chi connectivity index (χ2v) is 8.09. The van der Waals surface area contributed by atoms with Gasteiger partial charge < -0.3 is 0 Å². The molecule has 0 amide bonds. The summed E-state index contributed by atoms with van der Waals surface area (Å²) >= 11 is 5.80. The third-order valence-electron chi connectivity index (χ3n) is 3.57. The van der Waals surface area contributed by atoms with Gasteiger partial charge in [0.15, 0.2) is 0 Å². The van der Waals surface area contributed by atoms with E-state index in [1.807, 2.05) is 24.3 Å². The van der Waals surface area contributed by atoms with E-state index in [-0.39, 0.29) is 4.90 Å². The zero-order valence-electron chi connectivity index (χ0n) is 13.0. The summed E-state index contributed by atoms with van der Waals surface area (Å²) in [5, 5.41) is 0.519. The van der Waals surface area contributed by atoms with Gasteiger partial charge in [0.25, 0.3) is 0 Å². The highest BCUT2D eigenvalue weighted by Gasteiger charge is 2.20. The summed E-state index contributed by atoms with van der Waals surface area (Å²) in [5.74, 6) is 0.463. The molecule has 5 heteroatoms. The summed E-state index contributed by atoms with van der Waals surface area (Å²) in [6.45, 7) is 4.60. The van der Waals surface area contributed by atoms with Crippen molar-refractivity contribution in [2.45, 2.75) is 31.2 Å². The Labute approximate surface area is 137 Å². The molecule has 0 bridgehead atoms. The minimum Gasteiger partial charge on any atom is -0.207 e. The van der Waals surface area contributed by atoms with Gasteiger partial charge in [0.2, 0.25) is 10.0 Å². The Kier molecular flexibility index (Phi) is 5.27. The summed E-state index contributed by atoms with van der Waals surface area (Å²) in [6, 6.07) is 14.3. The molecule has 0 aromatic heterocycles. The number of halogens is 1. The predicted molar refractivity (Wildman–Crippen MR) is 90.6 cm³/mol. The molecule has 0 aliphatic heterocycles. The van der Waals surface area contributed by atoms with Crippen LogP contribution in [-0.2, 0) is 16.6 Å². The quantitative estimate of drug-likeness (QED) is 0.816. The molecule has 3 nitrogen and oxygen atoms in total. The summed E-state index contributed by atoms with van der Waals surface area (Å²) in [7, 11) is -1.92. The van der Waals surface area contributed by atoms with E-state index in [4.69, 9.17) is 11.6 Å². The van der Waals surface area contributed by atoms with Crippen LogP contribution < -0.4 is 0 Å². The van der Waals surface area contributed by atoms with Crippen molar-refractivity contribution in [2.24, 2.45) is 0 Å². The summed E-state index contributed by atoms with van der Waals surface area (Å²) in [5.41, 5.74) is 2.20. The fraction of sp³-hybridized carbons (Fsp3) is 0.294. The number of hydrogen-bond donors (Lipinski definition) is 0. The van der Waals surface area contributed by atoms with Crippen LogP contribution in [0.1, 0.15) is 30.9 Å². The van der Waals surface area contributed by atoms with E-state index >= 15 is 0 Å². The van der Waals surface area contributed by atoms with Crippen molar-refractivity contribution in [1.82, 2.24) is 4.31 Å². The van der Waals surface area contributed by atoms with Crippen molar-refractivity contribution in [3.8, 4) is 0 Å². The van der Waals surface area contributed by atoms with Gasteiger partial charge in [-0.15, -0.1) is 0 Å². The molecule has 0 heterocycles. The van der Waals surface area contributed by atoms with Gasteiger partial charge in [-0.1, -0.05) is 49.7 Å². The fourth-order valence-corrected chi connectivity index (χ4v) is 3.42. The van der Waals surface area contributed by atoms with Crippen LogP contribution in [-0.4, -0.2) is 19.8 Å². The topological polar surface area (TPSA) is 37.4 Å². The fourth-order valence-electron chi connectivity index (χ4n) is 2.14. The monoisotopic (exact) mass is 337 g/mol. The molecule has 0 aliphatic carbocycles. The second kappa shape index (κ2) is 6.82. The zero-order valence-corrected chi connectivity index (χ0v) is 14.5. The number of sulfonamides is 1. The first-order valence-electron chi connectivity index (χ1n) is 7.11. The van der Waals surface area contributed by atoms with Gasteiger partial charge in [-0.05, 0) is 41.3 Å². The first-order valence-corrected chi connectivity index (χ1v) is 8.93. The predicted octanol–water partition coefficient (Wildman–Crippen LogP) is 4.28. The van der Waals surface area contributed by atoms with Gasteiger partial charge in [0, 0.05) is 18.6 Å². The molecule has 2 rings (SSSR count). The van der Waals surface area contributed by atoms with Gasteiger partial charge in [-0.25, -0.2) is 8.42 Å². The van der Waals surface area contributed by atoms with Crippen LogP contribution in [0.3, 0.4) is 0 Å². The number of nitrogens with zero attached hydrogens (tertiary/aromatic N) is 1. The number of hydrogen-bond acceptors (Lipinski definition) is 2. The molecule has 0 saturated heterocycles. The van der Waals surface area contributed by atoms with E-state index in [0.29, 0.717) is 17.5 Å². The van der Waals surface area contributed by atoms with Crippen LogP contribution in [0.15, 0.2) is 53.4 Å². The molecule has 0 saturated carbocycles. The maximum atomic E-state index is 12.5. The van der Waals surface area contributed by atoms with Crippen molar-refractivity contribution in [3.05, 3.63) is 64.7 Å². The van der Waals surface area contributed by atoms with Crippen molar-refractivity contribution < 1.29 is 8.42 Å². The lowest BCUT2D eigenvalue weighted by Crippen LogP contribution is -2.26. The molecule has 22 heavy (non-hydrogen) atoms. The van der Waals surface area contributed by atoms with Crippen LogP contribution in [0.4, 0.5) is 0 Å². The lowest BCUT2D eigenvalue weighted by Gasteiger charge is -2.18. The maximum Gasteiger partial charge on any atom is 0.243 e. The van der Waals surface area contributed by atoms with E-state index in [9.17, 15) is 8.42 Å². The first-order chi connectivity index (χ1) is 10.3. The second-order valence-electron chi connectivity index (χ2n) is 5.61. The molecule has 2 aromatic rings. The Morgan fingerprint density at radius 3 is 2.05 bits per heavy atom. The highest BCUT2D eigenvalue weighted by molar-refractivity contribution is 7.89. The van der Waals surface area contributed by atoms with E-state index < -0.39 is 10.0 Å². The van der Waals surface area contributed by atoms with Gasteiger partial charge in [-0.3, -0.25) is 0 Å². The minimum atomic E-state index is -3.51. The highest BCUT2D eigenvalue weighted by Crippen LogP contribution is 2.20. The molecule has 0 aliphatic rings. The lowest BCUT2D eigenvalue weighted by atomic mass is 10.0. The first kappa shape index (κ1) is 17.0. The summed E-state index contributed by atoms with van der Waals surface area (Å²) < 4.78 is 26.4. The highest BCUT2D eigenvalue weighted by atomic mass is 35.5. The normalized spacial score (nSPS) is 12.1. The van der Waals surface area contributed by atoms with Crippen LogP contribution in [0, 0.1) is 0 Å². The Hall–Kier alpha value is -1.36.